The zero-order chi connectivity index (χ0) is 24.3. The molecule has 1 N–H and O–H groups in total. The number of nitrogens with one attached hydrogen (secondary N) is 1. The van der Waals surface area contributed by atoms with Crippen molar-refractivity contribution in [3.8, 4) is 11.1 Å². The summed E-state index contributed by atoms with van der Waals surface area (Å²) in [6.45, 7) is 1.46. The van der Waals surface area contributed by atoms with Crippen molar-refractivity contribution < 1.29 is 4.79 Å². The van der Waals surface area contributed by atoms with Gasteiger partial charge >= 0.3 is 0 Å². The highest BCUT2D eigenvalue weighted by molar-refractivity contribution is 5.93. The van der Waals surface area contributed by atoms with Gasteiger partial charge in [-0.15, -0.1) is 0 Å². The Kier molecular flexibility index (Phi) is 6.20. The first kappa shape index (κ1) is 22.5. The van der Waals surface area contributed by atoms with Gasteiger partial charge in [-0.25, -0.2) is 0 Å². The summed E-state index contributed by atoms with van der Waals surface area (Å²) in [4.78, 5) is 21.7. The van der Waals surface area contributed by atoms with E-state index in [1.54, 1.807) is 6.20 Å². The van der Waals surface area contributed by atoms with Crippen LogP contribution in [0.15, 0.2) is 85.3 Å². The van der Waals surface area contributed by atoms with Gasteiger partial charge in [0.25, 0.3) is 0 Å². The van der Waals surface area contributed by atoms with Gasteiger partial charge in [0.1, 0.15) is 0 Å². The predicted octanol–water partition coefficient (Wildman–Crippen LogP) is 6.30. The molecule has 3 heterocycles. The molecular weight excluding hydrogens is 444 g/mol. The van der Waals surface area contributed by atoms with Crippen LogP contribution in [-0.4, -0.2) is 20.4 Å². The van der Waals surface area contributed by atoms with Crippen molar-refractivity contribution in [1.82, 2.24) is 19.9 Å². The second kappa shape index (κ2) is 9.94. The van der Waals surface area contributed by atoms with Crippen molar-refractivity contribution in [1.29, 1.82) is 0 Å². The molecule has 1 fully saturated rings. The van der Waals surface area contributed by atoms with Crippen molar-refractivity contribution in [2.24, 2.45) is 5.92 Å². The number of aromatic nitrogens is 3. The first-order valence-corrected chi connectivity index (χ1v) is 12.9. The maximum atomic E-state index is 12.9. The van der Waals surface area contributed by atoms with E-state index in [2.05, 4.69) is 68.5 Å². The van der Waals surface area contributed by atoms with Crippen molar-refractivity contribution in [2.45, 2.75) is 45.2 Å². The number of nitrogens with zero attached hydrogens (tertiary/aromatic N) is 3. The molecule has 1 aliphatic rings. The predicted molar refractivity (Wildman–Crippen MR) is 144 cm³/mol. The van der Waals surface area contributed by atoms with Crippen LogP contribution in [0.1, 0.15) is 36.9 Å². The molecule has 6 rings (SSSR count). The minimum absolute atomic E-state index is 0.0164. The standard InChI is InChI=1S/C31H30N4O/c36-31(34-19-27-9-3-4-14-32-27)18-26-21-35(20-22-6-1-2-7-22)30-13-11-24(17-28(26)30)23-10-12-29-25(16-23)8-5-15-33-29/h3-5,8-17,21-22H,1-2,6-7,18-20H2,(H,34,36). The number of amides is 1. The van der Waals surface area contributed by atoms with Crippen molar-refractivity contribution in [2.75, 3.05) is 0 Å². The van der Waals surface area contributed by atoms with Crippen LogP contribution in [0.25, 0.3) is 32.9 Å². The van der Waals surface area contributed by atoms with Crippen LogP contribution in [0.2, 0.25) is 0 Å². The van der Waals surface area contributed by atoms with Gasteiger partial charge in [-0.3, -0.25) is 14.8 Å². The molecule has 5 heteroatoms. The topological polar surface area (TPSA) is 59.8 Å². The molecule has 1 saturated carbocycles. The van der Waals surface area contributed by atoms with Crippen LogP contribution in [-0.2, 0) is 24.3 Å². The van der Waals surface area contributed by atoms with E-state index < -0.39 is 0 Å². The number of rotatable bonds is 7. The number of carbonyl (C=O) groups is 1. The normalized spacial score (nSPS) is 14.0. The Morgan fingerprint density at radius 3 is 2.61 bits per heavy atom. The summed E-state index contributed by atoms with van der Waals surface area (Å²) in [6.07, 6.45) is 11.4. The van der Waals surface area contributed by atoms with E-state index in [0.29, 0.717) is 13.0 Å². The fourth-order valence-corrected chi connectivity index (χ4v) is 5.50. The second-order valence-electron chi connectivity index (χ2n) is 9.87. The van der Waals surface area contributed by atoms with E-state index >= 15 is 0 Å². The minimum atomic E-state index is 0.0164. The molecule has 1 aliphatic carbocycles. The molecule has 0 unspecified atom stereocenters. The Morgan fingerprint density at radius 2 is 1.75 bits per heavy atom. The summed E-state index contributed by atoms with van der Waals surface area (Å²) in [7, 11) is 0. The van der Waals surface area contributed by atoms with Gasteiger partial charge in [-0.1, -0.05) is 37.1 Å². The monoisotopic (exact) mass is 474 g/mol. The third kappa shape index (κ3) is 4.74. The van der Waals surface area contributed by atoms with Crippen LogP contribution in [0, 0.1) is 5.92 Å². The van der Waals surface area contributed by atoms with Gasteiger partial charge in [0.05, 0.1) is 24.2 Å². The first-order chi connectivity index (χ1) is 17.7. The van der Waals surface area contributed by atoms with E-state index in [9.17, 15) is 4.79 Å². The third-order valence-electron chi connectivity index (χ3n) is 7.37. The van der Waals surface area contributed by atoms with E-state index in [-0.39, 0.29) is 5.91 Å². The number of carbonyl (C=O) groups excluding carboxylic acids is 1. The molecule has 36 heavy (non-hydrogen) atoms. The van der Waals surface area contributed by atoms with Crippen molar-refractivity contribution in [3.05, 3.63) is 96.6 Å². The van der Waals surface area contributed by atoms with Crippen LogP contribution >= 0.6 is 0 Å². The number of fused-ring (bicyclic) bond motifs is 2. The highest BCUT2D eigenvalue weighted by Gasteiger charge is 2.19. The van der Waals surface area contributed by atoms with Gasteiger partial charge < -0.3 is 9.88 Å². The molecule has 0 saturated heterocycles. The molecular formula is C31H30N4O. The molecule has 0 radical (unpaired) electrons. The van der Waals surface area contributed by atoms with Gasteiger partial charge in [0.2, 0.25) is 5.91 Å². The van der Waals surface area contributed by atoms with Crippen LogP contribution in [0.4, 0.5) is 0 Å². The SMILES string of the molecule is O=C(Cc1cn(CC2CCCC2)c2ccc(-c3ccc4ncccc4c3)cc12)NCc1ccccn1. The Labute approximate surface area is 211 Å². The van der Waals surface area contributed by atoms with Crippen molar-refractivity contribution >= 4 is 27.7 Å². The Balaban J connectivity index is 1.32. The lowest BCUT2D eigenvalue weighted by molar-refractivity contribution is -0.120. The number of benzene rings is 2. The van der Waals surface area contributed by atoms with E-state index in [0.717, 1.165) is 51.1 Å². The average molecular weight is 475 g/mol. The largest absolute Gasteiger partial charge is 0.350 e. The molecule has 0 spiro atoms. The van der Waals surface area contributed by atoms with Crippen molar-refractivity contribution in [3.63, 3.8) is 0 Å². The summed E-state index contributed by atoms with van der Waals surface area (Å²) in [5, 5.41) is 5.33. The van der Waals surface area contributed by atoms with E-state index in [4.69, 9.17) is 0 Å². The lowest BCUT2D eigenvalue weighted by Crippen LogP contribution is -2.24. The zero-order valence-electron chi connectivity index (χ0n) is 20.4. The molecule has 5 nitrogen and oxygen atoms in total. The van der Waals surface area contributed by atoms with Gasteiger partial charge in [-0.05, 0) is 77.9 Å². The summed E-state index contributed by atoms with van der Waals surface area (Å²) in [6, 6.07) is 22.9. The Bertz CT molecular complexity index is 1520. The fraction of sp³-hybridized carbons (Fsp3) is 0.258. The van der Waals surface area contributed by atoms with Gasteiger partial charge in [-0.2, -0.15) is 0 Å². The maximum absolute atomic E-state index is 12.9. The molecule has 0 bridgehead atoms. The summed E-state index contributed by atoms with van der Waals surface area (Å²) in [5.41, 5.74) is 6.46. The highest BCUT2D eigenvalue weighted by atomic mass is 16.1. The number of pyridine rings is 2. The van der Waals surface area contributed by atoms with E-state index in [1.165, 1.54) is 31.2 Å². The molecule has 2 aromatic carbocycles. The van der Waals surface area contributed by atoms with E-state index in [1.807, 2.05) is 30.5 Å². The molecule has 3 aromatic heterocycles. The number of hydrogen-bond donors (Lipinski definition) is 1. The van der Waals surface area contributed by atoms with Gasteiger partial charge in [0.15, 0.2) is 0 Å². The summed E-state index contributed by atoms with van der Waals surface area (Å²) < 4.78 is 2.38. The lowest BCUT2D eigenvalue weighted by Gasteiger charge is -2.12. The summed E-state index contributed by atoms with van der Waals surface area (Å²) >= 11 is 0. The second-order valence-corrected chi connectivity index (χ2v) is 9.87. The smallest absolute Gasteiger partial charge is 0.224 e. The third-order valence-corrected chi connectivity index (χ3v) is 7.37. The zero-order valence-corrected chi connectivity index (χ0v) is 20.4. The maximum Gasteiger partial charge on any atom is 0.224 e. The summed E-state index contributed by atoms with van der Waals surface area (Å²) in [5.74, 6) is 0.738. The first-order valence-electron chi connectivity index (χ1n) is 12.9. The molecule has 0 atom stereocenters. The average Bonchev–Trinajstić information content (AvgIpc) is 3.56. The molecule has 180 valence electrons. The molecule has 5 aromatic rings. The lowest BCUT2D eigenvalue weighted by atomic mass is 10.00. The van der Waals surface area contributed by atoms with Crippen LogP contribution in [0.5, 0.6) is 0 Å². The quantitative estimate of drug-likeness (QED) is 0.301. The van der Waals surface area contributed by atoms with Gasteiger partial charge in [0, 0.05) is 41.4 Å². The number of hydrogen-bond acceptors (Lipinski definition) is 3. The highest BCUT2D eigenvalue weighted by Crippen LogP contribution is 2.32. The minimum Gasteiger partial charge on any atom is -0.350 e. The Hall–Kier alpha value is -3.99. The van der Waals surface area contributed by atoms with Crippen LogP contribution < -0.4 is 5.32 Å². The molecule has 1 amide bonds. The van der Waals surface area contributed by atoms with Crippen LogP contribution in [0.3, 0.4) is 0 Å². The Morgan fingerprint density at radius 1 is 0.917 bits per heavy atom. The molecule has 0 aliphatic heterocycles. The fourth-order valence-electron chi connectivity index (χ4n) is 5.50.